The Bertz CT molecular complexity index is 1100. The molecule has 190 valence electrons. The average Bonchev–Trinajstić information content (AvgIpc) is 2.92. The van der Waals surface area contributed by atoms with Crippen molar-refractivity contribution < 1.29 is 9.53 Å². The topological polar surface area (TPSA) is 108 Å². The van der Waals surface area contributed by atoms with Gasteiger partial charge in [-0.1, -0.05) is 37.6 Å². The largest absolute Gasteiger partial charge is 0.382 e. The molecule has 1 fully saturated rings. The second-order valence-corrected chi connectivity index (χ2v) is 8.30. The molecule has 36 heavy (non-hydrogen) atoms. The van der Waals surface area contributed by atoms with Crippen molar-refractivity contribution in [3.05, 3.63) is 77.4 Å². The predicted molar refractivity (Wildman–Crippen MR) is 146 cm³/mol. The molecule has 0 spiro atoms. The molecular formula is C27H35N7O2. The van der Waals surface area contributed by atoms with Crippen LogP contribution in [0.25, 0.3) is 5.70 Å². The molecule has 1 saturated heterocycles. The lowest BCUT2D eigenvalue weighted by molar-refractivity contribution is 0.0232. The zero-order chi connectivity index (χ0) is 25.8. The van der Waals surface area contributed by atoms with E-state index >= 15 is 0 Å². The van der Waals surface area contributed by atoms with Crippen molar-refractivity contribution in [2.75, 3.05) is 45.3 Å². The molecule has 0 unspecified atom stereocenters. The number of amidine groups is 1. The maximum absolute atomic E-state index is 10.9. The summed E-state index contributed by atoms with van der Waals surface area (Å²) >= 11 is 0. The number of aromatic nitrogens is 1. The van der Waals surface area contributed by atoms with Crippen LogP contribution in [0.5, 0.6) is 0 Å². The highest BCUT2D eigenvalue weighted by Crippen LogP contribution is 2.25. The number of nitrogens with zero attached hydrogens (tertiary/aromatic N) is 5. The Morgan fingerprint density at radius 3 is 2.64 bits per heavy atom. The van der Waals surface area contributed by atoms with E-state index in [1.807, 2.05) is 36.5 Å². The van der Waals surface area contributed by atoms with Crippen molar-refractivity contribution in [2.45, 2.75) is 19.8 Å². The number of nitrogens with one attached hydrogen (secondary N) is 1. The Morgan fingerprint density at radius 1 is 1.25 bits per heavy atom. The number of aliphatic imine (C=N–C) groups is 2. The quantitative estimate of drug-likeness (QED) is 0.432. The van der Waals surface area contributed by atoms with Gasteiger partial charge in [0.2, 0.25) is 0 Å². The maximum Gasteiger partial charge on any atom is 0.150 e. The first-order chi connectivity index (χ1) is 17.6. The molecule has 0 bridgehead atoms. The normalized spacial score (nSPS) is 16.9. The molecule has 4 rings (SSSR count). The van der Waals surface area contributed by atoms with E-state index in [0.29, 0.717) is 29.5 Å². The first kappa shape index (κ1) is 26.8. The number of carbonyl (C=O) groups excluding carboxylic acids is 1. The SMILES string of the molecule is C=N/C(=C1/C(N)=NC=CN1CN1CCOCC1)c1ccc(C=O)cc1.CCCc1ccnc(NC)c1. The van der Waals surface area contributed by atoms with E-state index in [4.69, 9.17) is 10.5 Å². The van der Waals surface area contributed by atoms with Crippen LogP contribution in [0.15, 0.2) is 70.7 Å². The van der Waals surface area contributed by atoms with E-state index in [0.717, 1.165) is 50.4 Å². The van der Waals surface area contributed by atoms with Gasteiger partial charge < -0.3 is 20.7 Å². The third-order valence-electron chi connectivity index (χ3n) is 5.77. The minimum atomic E-state index is 0.387. The number of benzene rings is 1. The third kappa shape index (κ3) is 7.34. The monoisotopic (exact) mass is 489 g/mol. The van der Waals surface area contributed by atoms with Gasteiger partial charge >= 0.3 is 0 Å². The van der Waals surface area contributed by atoms with Crippen LogP contribution in [0.1, 0.15) is 34.8 Å². The van der Waals surface area contributed by atoms with Gasteiger partial charge in [-0.15, -0.1) is 0 Å². The Labute approximate surface area is 213 Å². The van der Waals surface area contributed by atoms with Crippen molar-refractivity contribution in [3.63, 3.8) is 0 Å². The standard InChI is InChI=1S/C18H21N5O2.C9H14N2/c1-20-16(15-4-2-14(12-24)3-5-15)17-18(19)21-6-7-23(17)13-22-8-10-25-11-9-22;1-3-4-8-5-6-11-9(7-8)10-2/h2-7,12H,1,8-11,13H2,(H2,19,21);5-7H,3-4H2,1-2H3,(H,10,11)/b17-16-;. The van der Waals surface area contributed by atoms with E-state index in [-0.39, 0.29) is 0 Å². The highest BCUT2D eigenvalue weighted by atomic mass is 16.5. The molecule has 0 amide bonds. The van der Waals surface area contributed by atoms with E-state index in [9.17, 15) is 4.79 Å². The number of aryl methyl sites for hydroxylation is 1. The van der Waals surface area contributed by atoms with Gasteiger partial charge in [0.25, 0.3) is 0 Å². The van der Waals surface area contributed by atoms with E-state index in [2.05, 4.69) is 51.0 Å². The number of hydrogen-bond donors (Lipinski definition) is 2. The number of ether oxygens (including phenoxy) is 1. The number of carbonyl (C=O) groups is 1. The molecule has 3 heterocycles. The summed E-state index contributed by atoms with van der Waals surface area (Å²) in [5, 5.41) is 3.01. The molecule has 0 aliphatic carbocycles. The van der Waals surface area contributed by atoms with Crippen molar-refractivity contribution in [2.24, 2.45) is 15.7 Å². The van der Waals surface area contributed by atoms with Gasteiger partial charge in [-0.2, -0.15) is 0 Å². The molecule has 9 heteroatoms. The molecule has 1 aromatic heterocycles. The summed E-state index contributed by atoms with van der Waals surface area (Å²) in [4.78, 5) is 27.7. The van der Waals surface area contributed by atoms with Gasteiger partial charge in [0.1, 0.15) is 23.6 Å². The van der Waals surface area contributed by atoms with Crippen LogP contribution in [0.3, 0.4) is 0 Å². The van der Waals surface area contributed by atoms with Gasteiger partial charge in [-0.25, -0.2) is 9.98 Å². The molecule has 2 aromatic rings. The van der Waals surface area contributed by atoms with Gasteiger partial charge in [-0.05, 0) is 30.8 Å². The van der Waals surface area contributed by atoms with Gasteiger partial charge in [0.05, 0.1) is 25.6 Å². The number of rotatable bonds is 8. The smallest absolute Gasteiger partial charge is 0.150 e. The summed E-state index contributed by atoms with van der Waals surface area (Å²) in [6.07, 6.45) is 8.53. The average molecular weight is 490 g/mol. The van der Waals surface area contributed by atoms with Crippen molar-refractivity contribution in [1.29, 1.82) is 0 Å². The fraction of sp³-hybridized carbons (Fsp3) is 0.333. The van der Waals surface area contributed by atoms with Crippen molar-refractivity contribution >= 4 is 30.4 Å². The van der Waals surface area contributed by atoms with Crippen LogP contribution in [0.4, 0.5) is 5.82 Å². The molecule has 0 saturated carbocycles. The van der Waals surface area contributed by atoms with Crippen molar-refractivity contribution in [3.8, 4) is 0 Å². The fourth-order valence-electron chi connectivity index (χ4n) is 3.89. The number of morpholine rings is 1. The lowest BCUT2D eigenvalue weighted by atomic mass is 10.1. The zero-order valence-electron chi connectivity index (χ0n) is 21.1. The lowest BCUT2D eigenvalue weighted by Crippen LogP contribution is -2.44. The number of hydrogen-bond acceptors (Lipinski definition) is 9. The van der Waals surface area contributed by atoms with Crippen molar-refractivity contribution in [1.82, 2.24) is 14.8 Å². The van der Waals surface area contributed by atoms with Gasteiger partial charge in [0, 0.05) is 49.9 Å². The van der Waals surface area contributed by atoms with Crippen LogP contribution in [-0.4, -0.2) is 73.6 Å². The highest BCUT2D eigenvalue weighted by molar-refractivity contribution is 6.04. The maximum atomic E-state index is 10.9. The second kappa shape index (κ2) is 13.9. The van der Waals surface area contributed by atoms with E-state index < -0.39 is 0 Å². The van der Waals surface area contributed by atoms with Crippen LogP contribution >= 0.6 is 0 Å². The summed E-state index contributed by atoms with van der Waals surface area (Å²) in [5.74, 6) is 1.34. The number of pyridine rings is 1. The molecular weight excluding hydrogens is 454 g/mol. The lowest BCUT2D eigenvalue weighted by Gasteiger charge is -2.34. The highest BCUT2D eigenvalue weighted by Gasteiger charge is 2.23. The molecule has 0 atom stereocenters. The number of anilines is 1. The minimum Gasteiger partial charge on any atom is -0.382 e. The van der Waals surface area contributed by atoms with Crippen LogP contribution in [0.2, 0.25) is 0 Å². The molecule has 2 aliphatic rings. The molecule has 3 N–H and O–H groups in total. The summed E-state index contributed by atoms with van der Waals surface area (Å²) < 4.78 is 5.40. The third-order valence-corrected chi connectivity index (χ3v) is 5.77. The van der Waals surface area contributed by atoms with Crippen LogP contribution in [0, 0.1) is 0 Å². The minimum absolute atomic E-state index is 0.387. The molecule has 1 aromatic carbocycles. The summed E-state index contributed by atoms with van der Waals surface area (Å²) in [5.41, 5.74) is 10.3. The molecule has 9 nitrogen and oxygen atoms in total. The summed E-state index contributed by atoms with van der Waals surface area (Å²) in [6, 6.07) is 11.3. The van der Waals surface area contributed by atoms with E-state index in [1.165, 1.54) is 12.0 Å². The van der Waals surface area contributed by atoms with Crippen LogP contribution < -0.4 is 11.1 Å². The Kier molecular flexibility index (Phi) is 10.3. The summed E-state index contributed by atoms with van der Waals surface area (Å²) in [6.45, 7) is 9.71. The van der Waals surface area contributed by atoms with Crippen LogP contribution in [-0.2, 0) is 11.2 Å². The first-order valence-corrected chi connectivity index (χ1v) is 12.1. The van der Waals surface area contributed by atoms with Gasteiger partial charge in [0.15, 0.2) is 0 Å². The Hall–Kier alpha value is -3.82. The fourth-order valence-corrected chi connectivity index (χ4v) is 3.89. The van der Waals surface area contributed by atoms with Gasteiger partial charge in [-0.3, -0.25) is 14.7 Å². The Balaban J connectivity index is 0.000000275. The predicted octanol–water partition coefficient (Wildman–Crippen LogP) is 3.38. The first-order valence-electron chi connectivity index (χ1n) is 12.1. The summed E-state index contributed by atoms with van der Waals surface area (Å²) in [7, 11) is 1.89. The molecule has 2 aliphatic heterocycles. The zero-order valence-corrected chi connectivity index (χ0v) is 21.1. The number of nitrogens with two attached hydrogens (primary N) is 1. The molecule has 0 radical (unpaired) electrons. The second-order valence-electron chi connectivity index (χ2n) is 8.30. The number of aldehydes is 1. The Morgan fingerprint density at radius 2 is 2.00 bits per heavy atom. The van der Waals surface area contributed by atoms with E-state index in [1.54, 1.807) is 18.3 Å².